The third kappa shape index (κ3) is 4.91. The van der Waals surface area contributed by atoms with Crippen molar-refractivity contribution < 1.29 is 13.5 Å². The Labute approximate surface area is 222 Å². The van der Waals surface area contributed by atoms with Crippen molar-refractivity contribution in [3.8, 4) is 17.0 Å². The first kappa shape index (κ1) is 25.0. The summed E-state index contributed by atoms with van der Waals surface area (Å²) in [5.74, 6) is 0.937. The van der Waals surface area contributed by atoms with Gasteiger partial charge in [0.05, 0.1) is 18.4 Å². The molecule has 0 spiro atoms. The van der Waals surface area contributed by atoms with E-state index in [2.05, 4.69) is 38.2 Å². The summed E-state index contributed by atoms with van der Waals surface area (Å²) in [7, 11) is 2.17. The molecule has 0 bridgehead atoms. The SMILES string of the molecule is CC(C)N1CCOc2c(F)cc(-c3nc(Nc4ccc(C5CCN(C)CC5)c(C5CC5)n4)ncc3F)cc21. The van der Waals surface area contributed by atoms with Crippen LogP contribution in [0.4, 0.5) is 26.2 Å². The van der Waals surface area contributed by atoms with Gasteiger partial charge in [0.15, 0.2) is 17.4 Å². The number of rotatable bonds is 6. The minimum atomic E-state index is -0.619. The number of pyridine rings is 1. The second-order valence-electron chi connectivity index (χ2n) is 11.0. The van der Waals surface area contributed by atoms with Gasteiger partial charge in [-0.15, -0.1) is 0 Å². The smallest absolute Gasteiger partial charge is 0.229 e. The molecule has 38 heavy (non-hydrogen) atoms. The maximum atomic E-state index is 15.0. The molecule has 2 fully saturated rings. The monoisotopic (exact) mass is 520 g/mol. The summed E-state index contributed by atoms with van der Waals surface area (Å²) in [6.07, 6.45) is 5.73. The van der Waals surface area contributed by atoms with Crippen LogP contribution in [0.15, 0.2) is 30.5 Å². The Morgan fingerprint density at radius 1 is 0.974 bits per heavy atom. The van der Waals surface area contributed by atoms with Crippen molar-refractivity contribution >= 4 is 17.5 Å². The highest BCUT2D eigenvalue weighted by Gasteiger charge is 2.31. The van der Waals surface area contributed by atoms with Crippen LogP contribution in [0, 0.1) is 11.6 Å². The number of piperidine rings is 1. The molecule has 6 rings (SSSR count). The molecule has 200 valence electrons. The van der Waals surface area contributed by atoms with Crippen molar-refractivity contribution in [2.75, 3.05) is 43.5 Å². The van der Waals surface area contributed by atoms with Gasteiger partial charge in [-0.25, -0.2) is 23.7 Å². The minimum absolute atomic E-state index is 0.0313. The molecule has 7 nitrogen and oxygen atoms in total. The number of ether oxygens (including phenoxy) is 1. The van der Waals surface area contributed by atoms with Crippen LogP contribution in [0.25, 0.3) is 11.3 Å². The number of likely N-dealkylation sites (tertiary alicyclic amines) is 1. The summed E-state index contributed by atoms with van der Waals surface area (Å²) in [5.41, 5.74) is 3.49. The van der Waals surface area contributed by atoms with Gasteiger partial charge < -0.3 is 19.9 Å². The molecule has 0 amide bonds. The van der Waals surface area contributed by atoms with Crippen molar-refractivity contribution in [2.24, 2.45) is 0 Å². The molecule has 1 saturated heterocycles. The Bertz CT molecular complexity index is 1340. The van der Waals surface area contributed by atoms with E-state index in [1.165, 1.54) is 11.6 Å². The first-order chi connectivity index (χ1) is 18.4. The number of hydrogen-bond donors (Lipinski definition) is 1. The van der Waals surface area contributed by atoms with Crippen LogP contribution in [0.5, 0.6) is 5.75 Å². The molecule has 2 aromatic heterocycles. The van der Waals surface area contributed by atoms with E-state index in [-0.39, 0.29) is 23.4 Å². The van der Waals surface area contributed by atoms with Crippen LogP contribution in [-0.2, 0) is 0 Å². The fourth-order valence-electron chi connectivity index (χ4n) is 5.62. The Hall–Kier alpha value is -3.33. The van der Waals surface area contributed by atoms with E-state index in [9.17, 15) is 4.39 Å². The lowest BCUT2D eigenvalue weighted by Crippen LogP contribution is -2.38. The summed E-state index contributed by atoms with van der Waals surface area (Å²) in [6, 6.07) is 7.30. The van der Waals surface area contributed by atoms with Gasteiger partial charge in [-0.1, -0.05) is 6.07 Å². The quantitative estimate of drug-likeness (QED) is 0.437. The molecule has 1 saturated carbocycles. The maximum absolute atomic E-state index is 15.0. The summed E-state index contributed by atoms with van der Waals surface area (Å²) < 4.78 is 35.6. The first-order valence-electron chi connectivity index (χ1n) is 13.6. The predicted molar refractivity (Wildman–Crippen MR) is 144 cm³/mol. The topological polar surface area (TPSA) is 66.4 Å². The van der Waals surface area contributed by atoms with Gasteiger partial charge in [0.25, 0.3) is 0 Å². The molecule has 2 aliphatic heterocycles. The van der Waals surface area contributed by atoms with Crippen molar-refractivity contribution in [1.82, 2.24) is 19.9 Å². The summed E-state index contributed by atoms with van der Waals surface area (Å²) in [6.45, 7) is 7.32. The first-order valence-corrected chi connectivity index (χ1v) is 13.6. The van der Waals surface area contributed by atoms with E-state index in [0.717, 1.165) is 50.7 Å². The van der Waals surface area contributed by atoms with Crippen molar-refractivity contribution in [1.29, 1.82) is 0 Å². The van der Waals surface area contributed by atoms with E-state index in [1.54, 1.807) is 6.07 Å². The Morgan fingerprint density at radius 3 is 2.50 bits per heavy atom. The zero-order chi connectivity index (χ0) is 26.4. The molecule has 0 atom stereocenters. The van der Waals surface area contributed by atoms with Crippen LogP contribution in [0.3, 0.4) is 0 Å². The highest BCUT2D eigenvalue weighted by Crippen LogP contribution is 2.44. The highest BCUT2D eigenvalue weighted by atomic mass is 19.1. The molecule has 3 aliphatic rings. The van der Waals surface area contributed by atoms with E-state index in [4.69, 9.17) is 9.72 Å². The number of halogens is 2. The normalized spacial score (nSPS) is 18.4. The lowest BCUT2D eigenvalue weighted by atomic mass is 9.87. The summed E-state index contributed by atoms with van der Waals surface area (Å²) in [4.78, 5) is 18.0. The van der Waals surface area contributed by atoms with Crippen LogP contribution in [0.2, 0.25) is 0 Å². The van der Waals surface area contributed by atoms with Gasteiger partial charge in [0.2, 0.25) is 5.95 Å². The van der Waals surface area contributed by atoms with Gasteiger partial charge in [-0.2, -0.15) is 0 Å². The second-order valence-corrected chi connectivity index (χ2v) is 11.0. The van der Waals surface area contributed by atoms with Gasteiger partial charge in [-0.05, 0) is 89.3 Å². The van der Waals surface area contributed by atoms with E-state index >= 15 is 4.39 Å². The zero-order valence-electron chi connectivity index (χ0n) is 22.2. The van der Waals surface area contributed by atoms with Gasteiger partial charge in [0.1, 0.15) is 18.1 Å². The lowest BCUT2D eigenvalue weighted by Gasteiger charge is -2.34. The fraction of sp³-hybridized carbons (Fsp3) is 0.483. The third-order valence-electron chi connectivity index (χ3n) is 7.87. The number of benzene rings is 1. The van der Waals surface area contributed by atoms with Gasteiger partial charge in [0, 0.05) is 23.2 Å². The molecular formula is C29H34F2N6O. The number of hydrogen-bond acceptors (Lipinski definition) is 7. The molecule has 0 radical (unpaired) electrons. The largest absolute Gasteiger partial charge is 0.486 e. The molecule has 0 unspecified atom stereocenters. The van der Waals surface area contributed by atoms with E-state index in [1.807, 2.05) is 19.9 Å². The van der Waals surface area contributed by atoms with Crippen molar-refractivity contribution in [3.05, 3.63) is 53.4 Å². The van der Waals surface area contributed by atoms with Crippen molar-refractivity contribution in [2.45, 2.75) is 57.4 Å². The Morgan fingerprint density at radius 2 is 1.76 bits per heavy atom. The van der Waals surface area contributed by atoms with Gasteiger partial charge in [-0.3, -0.25) is 0 Å². The number of aromatic nitrogens is 3. The average Bonchev–Trinajstić information content (AvgIpc) is 3.75. The molecule has 1 N–H and O–H groups in total. The zero-order valence-corrected chi connectivity index (χ0v) is 22.2. The third-order valence-corrected chi connectivity index (χ3v) is 7.87. The number of anilines is 3. The molecule has 9 heteroatoms. The minimum Gasteiger partial charge on any atom is -0.486 e. The van der Waals surface area contributed by atoms with Crippen LogP contribution >= 0.6 is 0 Å². The molecule has 1 aromatic carbocycles. The Kier molecular flexibility index (Phi) is 6.63. The average molecular weight is 521 g/mol. The van der Waals surface area contributed by atoms with Crippen LogP contribution in [0.1, 0.15) is 62.6 Å². The van der Waals surface area contributed by atoms with E-state index < -0.39 is 11.6 Å². The lowest BCUT2D eigenvalue weighted by molar-refractivity contribution is 0.254. The molecule has 3 aromatic rings. The number of nitrogens with one attached hydrogen (secondary N) is 1. The highest BCUT2D eigenvalue weighted by molar-refractivity contribution is 5.73. The number of nitrogens with zero attached hydrogens (tertiary/aromatic N) is 5. The molecule has 4 heterocycles. The number of fused-ring (bicyclic) bond motifs is 1. The van der Waals surface area contributed by atoms with E-state index in [0.29, 0.717) is 42.1 Å². The maximum Gasteiger partial charge on any atom is 0.229 e. The fourth-order valence-corrected chi connectivity index (χ4v) is 5.62. The van der Waals surface area contributed by atoms with Crippen LogP contribution in [-0.4, -0.2) is 59.2 Å². The summed E-state index contributed by atoms with van der Waals surface area (Å²) in [5, 5.41) is 3.17. The summed E-state index contributed by atoms with van der Waals surface area (Å²) >= 11 is 0. The Balaban J connectivity index is 1.30. The second kappa shape index (κ2) is 10.1. The van der Waals surface area contributed by atoms with Crippen LogP contribution < -0.4 is 15.0 Å². The molecule has 1 aliphatic carbocycles. The van der Waals surface area contributed by atoms with Crippen molar-refractivity contribution in [3.63, 3.8) is 0 Å². The predicted octanol–water partition coefficient (Wildman–Crippen LogP) is 5.85. The van der Waals surface area contributed by atoms with Gasteiger partial charge >= 0.3 is 0 Å². The molecular weight excluding hydrogens is 486 g/mol. The standard InChI is InChI=1S/C29H34F2N6O/c1-17(2)37-12-13-38-28-22(30)14-20(15-24(28)37)27-23(31)16-32-29(35-27)34-25-7-6-21(26(33-25)19-4-5-19)18-8-10-36(3)11-9-18/h6-7,14-19H,4-5,8-13H2,1-3H3,(H,32,33,34,35).